The molecule has 0 radical (unpaired) electrons. The van der Waals surface area contributed by atoms with E-state index in [0.717, 1.165) is 0 Å². The first kappa shape index (κ1) is 17.5. The normalized spacial score (nSPS) is 9.10. The minimum absolute atomic E-state index is 0.0647. The van der Waals surface area contributed by atoms with Gasteiger partial charge in [0.2, 0.25) is 0 Å². The third-order valence-electron chi connectivity index (χ3n) is 2.25. The van der Waals surface area contributed by atoms with Crippen molar-refractivity contribution in [3.8, 4) is 24.5 Å². The van der Waals surface area contributed by atoms with Crippen molar-refractivity contribution in [2.75, 3.05) is 13.2 Å². The molecule has 0 bridgehead atoms. The maximum atomic E-state index is 11.7. The highest BCUT2D eigenvalue weighted by Crippen LogP contribution is 2.09. The Morgan fingerprint density at radius 1 is 1.00 bits per heavy atom. The minimum atomic E-state index is -1.15. The van der Waals surface area contributed by atoms with Gasteiger partial charge in [-0.1, -0.05) is 0 Å². The van der Waals surface area contributed by atoms with Crippen molar-refractivity contribution in [3.05, 3.63) is 0 Å². The molecule has 0 fully saturated rings. The van der Waals surface area contributed by atoms with E-state index < -0.39 is 17.9 Å². The number of esters is 2. The molecule has 0 amide bonds. The maximum absolute atomic E-state index is 11.7. The summed E-state index contributed by atoms with van der Waals surface area (Å²) in [4.78, 5) is 23.3. The first-order valence-corrected chi connectivity index (χ1v) is 6.18. The number of ether oxygens (including phenoxy) is 2. The first-order valence-electron chi connectivity index (χ1n) is 6.18. The van der Waals surface area contributed by atoms with Crippen molar-refractivity contribution in [2.24, 2.45) is 5.92 Å². The van der Waals surface area contributed by atoms with Gasteiger partial charge in [0.1, 0.15) is 0 Å². The van der Waals surface area contributed by atoms with E-state index in [1.165, 1.54) is 0 Å². The van der Waals surface area contributed by atoms with Crippen molar-refractivity contribution >= 4 is 11.9 Å². The van der Waals surface area contributed by atoms with E-state index >= 15 is 0 Å². The molecule has 0 heterocycles. The standard InChI is InChI=1S/C14H16N2O4/c1-2-7-12(13(17)19-10-5-3-8-15)14(18)20-11-6-4-9-16/h1,12H,3-7,10-11H2. The summed E-state index contributed by atoms with van der Waals surface area (Å²) < 4.78 is 9.74. The molecule has 0 atom stereocenters. The topological polar surface area (TPSA) is 100 Å². The molecule has 0 aliphatic rings. The Labute approximate surface area is 118 Å². The largest absolute Gasteiger partial charge is 0.465 e. The minimum Gasteiger partial charge on any atom is -0.465 e. The van der Waals surface area contributed by atoms with Crippen LogP contribution in [0.4, 0.5) is 0 Å². The molecule has 0 aromatic rings. The van der Waals surface area contributed by atoms with E-state index in [1.54, 1.807) is 0 Å². The number of nitriles is 2. The van der Waals surface area contributed by atoms with Gasteiger partial charge in [-0.3, -0.25) is 9.59 Å². The molecule has 0 aromatic heterocycles. The molecular formula is C14H16N2O4. The second-order valence-corrected chi connectivity index (χ2v) is 3.82. The number of unbranched alkanes of at least 4 members (excludes halogenated alkanes) is 2. The van der Waals surface area contributed by atoms with Crippen molar-refractivity contribution in [1.29, 1.82) is 10.5 Å². The molecule has 0 N–H and O–H groups in total. The lowest BCUT2D eigenvalue weighted by atomic mass is 10.1. The molecule has 0 unspecified atom stereocenters. The highest BCUT2D eigenvalue weighted by atomic mass is 16.6. The summed E-state index contributed by atoms with van der Waals surface area (Å²) in [7, 11) is 0. The summed E-state index contributed by atoms with van der Waals surface area (Å²) in [6.45, 7) is 0.129. The maximum Gasteiger partial charge on any atom is 0.321 e. The quantitative estimate of drug-likeness (QED) is 0.272. The van der Waals surface area contributed by atoms with Crippen molar-refractivity contribution in [1.82, 2.24) is 0 Å². The molecule has 106 valence electrons. The molecule has 0 aliphatic carbocycles. The fourth-order valence-corrected chi connectivity index (χ4v) is 1.23. The van der Waals surface area contributed by atoms with E-state index in [9.17, 15) is 9.59 Å². The van der Waals surface area contributed by atoms with Crippen LogP contribution in [0.1, 0.15) is 32.1 Å². The highest BCUT2D eigenvalue weighted by molar-refractivity contribution is 5.95. The molecule has 0 spiro atoms. The fourth-order valence-electron chi connectivity index (χ4n) is 1.23. The summed E-state index contributed by atoms with van der Waals surface area (Å²) in [6.07, 6.45) is 6.35. The number of terminal acetylenes is 1. The van der Waals surface area contributed by atoms with Gasteiger partial charge in [-0.15, -0.1) is 12.3 Å². The van der Waals surface area contributed by atoms with E-state index in [4.69, 9.17) is 26.4 Å². The Hall–Kier alpha value is -2.52. The monoisotopic (exact) mass is 276 g/mol. The number of carbonyl (C=O) groups is 2. The van der Waals surface area contributed by atoms with Crippen LogP contribution in [0.5, 0.6) is 0 Å². The van der Waals surface area contributed by atoms with Crippen LogP contribution in [-0.4, -0.2) is 25.2 Å². The molecule has 6 heteroatoms. The van der Waals surface area contributed by atoms with Crippen LogP contribution in [-0.2, 0) is 19.1 Å². The number of hydrogen-bond acceptors (Lipinski definition) is 6. The average molecular weight is 276 g/mol. The van der Waals surface area contributed by atoms with Crippen LogP contribution in [0.25, 0.3) is 0 Å². The first-order chi connectivity index (χ1) is 9.67. The van der Waals surface area contributed by atoms with Gasteiger partial charge >= 0.3 is 11.9 Å². The second-order valence-electron chi connectivity index (χ2n) is 3.82. The Bertz CT molecular complexity index is 406. The van der Waals surface area contributed by atoms with Crippen molar-refractivity contribution in [3.63, 3.8) is 0 Å². The summed E-state index contributed by atoms with van der Waals surface area (Å²) in [5, 5.41) is 16.7. The molecule has 0 rings (SSSR count). The van der Waals surface area contributed by atoms with Gasteiger partial charge in [-0.2, -0.15) is 10.5 Å². The van der Waals surface area contributed by atoms with Gasteiger partial charge in [0, 0.05) is 19.3 Å². The number of carbonyl (C=O) groups excluding carboxylic acids is 2. The summed E-state index contributed by atoms with van der Waals surface area (Å²) in [5.74, 6) is -0.411. The van der Waals surface area contributed by atoms with Gasteiger partial charge in [0.15, 0.2) is 5.92 Å². The molecule has 0 aromatic carbocycles. The van der Waals surface area contributed by atoms with Gasteiger partial charge in [0.25, 0.3) is 0 Å². The smallest absolute Gasteiger partial charge is 0.321 e. The predicted molar refractivity (Wildman–Crippen MR) is 68.6 cm³/mol. The Morgan fingerprint density at radius 2 is 1.45 bits per heavy atom. The zero-order chi connectivity index (χ0) is 15.2. The zero-order valence-corrected chi connectivity index (χ0v) is 11.1. The van der Waals surface area contributed by atoms with Gasteiger partial charge in [-0.05, 0) is 12.8 Å². The summed E-state index contributed by atoms with van der Waals surface area (Å²) >= 11 is 0. The van der Waals surface area contributed by atoms with Crippen LogP contribution in [0, 0.1) is 40.9 Å². The van der Waals surface area contributed by atoms with Crippen LogP contribution in [0.2, 0.25) is 0 Å². The van der Waals surface area contributed by atoms with E-state index in [-0.39, 0.29) is 32.5 Å². The lowest BCUT2D eigenvalue weighted by Crippen LogP contribution is -2.28. The van der Waals surface area contributed by atoms with Crippen LogP contribution in [0.15, 0.2) is 0 Å². The number of nitrogens with zero attached hydrogens (tertiary/aromatic N) is 2. The number of hydrogen-bond donors (Lipinski definition) is 0. The molecule has 6 nitrogen and oxygen atoms in total. The van der Waals surface area contributed by atoms with Gasteiger partial charge in [-0.25, -0.2) is 0 Å². The fraction of sp³-hybridized carbons (Fsp3) is 0.571. The zero-order valence-electron chi connectivity index (χ0n) is 11.1. The van der Waals surface area contributed by atoms with Crippen LogP contribution in [0.3, 0.4) is 0 Å². The third kappa shape index (κ3) is 7.74. The summed E-state index contributed by atoms with van der Waals surface area (Å²) in [6, 6.07) is 3.83. The predicted octanol–water partition coefficient (Wildman–Crippen LogP) is 1.32. The second kappa shape index (κ2) is 11.6. The molecule has 0 aliphatic heterocycles. The van der Waals surface area contributed by atoms with Crippen LogP contribution < -0.4 is 0 Å². The Morgan fingerprint density at radius 3 is 1.80 bits per heavy atom. The van der Waals surface area contributed by atoms with E-state index in [1.807, 2.05) is 12.1 Å². The average Bonchev–Trinajstić information content (AvgIpc) is 2.45. The highest BCUT2D eigenvalue weighted by Gasteiger charge is 2.28. The van der Waals surface area contributed by atoms with E-state index in [2.05, 4.69) is 5.92 Å². The number of rotatable bonds is 9. The summed E-state index contributed by atoms with van der Waals surface area (Å²) in [5.41, 5.74) is 0. The van der Waals surface area contributed by atoms with Gasteiger partial charge in [0.05, 0.1) is 25.4 Å². The molecule has 0 saturated carbocycles. The van der Waals surface area contributed by atoms with E-state index in [0.29, 0.717) is 12.8 Å². The lowest BCUT2D eigenvalue weighted by Gasteiger charge is -2.12. The molecule has 0 saturated heterocycles. The lowest BCUT2D eigenvalue weighted by molar-refractivity contribution is -0.161. The van der Waals surface area contributed by atoms with Crippen LogP contribution >= 0.6 is 0 Å². The van der Waals surface area contributed by atoms with Gasteiger partial charge < -0.3 is 9.47 Å². The molecular weight excluding hydrogens is 260 g/mol. The molecule has 20 heavy (non-hydrogen) atoms. The van der Waals surface area contributed by atoms with Crippen molar-refractivity contribution in [2.45, 2.75) is 32.1 Å². The third-order valence-corrected chi connectivity index (χ3v) is 2.25. The van der Waals surface area contributed by atoms with Crippen molar-refractivity contribution < 1.29 is 19.1 Å². The Balaban J connectivity index is 4.22. The SMILES string of the molecule is C#CCC(C(=O)OCCCC#N)C(=O)OCCCC#N. The Kier molecular flexibility index (Phi) is 10.1.